The Kier molecular flexibility index (Phi) is 5.91. The molecule has 1 aromatic heterocycles. The molecule has 0 atom stereocenters. The van der Waals surface area contributed by atoms with Crippen LogP contribution < -0.4 is 0 Å². The minimum atomic E-state index is -0.467. The lowest BCUT2D eigenvalue weighted by Gasteiger charge is -2.27. The van der Waals surface area contributed by atoms with E-state index in [4.69, 9.17) is 14.2 Å². The van der Waals surface area contributed by atoms with Crippen LogP contribution in [0, 0.1) is 0 Å². The van der Waals surface area contributed by atoms with E-state index < -0.39 is 5.97 Å². The van der Waals surface area contributed by atoms with Gasteiger partial charge in [0, 0.05) is 37.9 Å². The van der Waals surface area contributed by atoms with Gasteiger partial charge in [-0.25, -0.2) is 4.79 Å². The molecule has 122 valence electrons. The van der Waals surface area contributed by atoms with E-state index in [1.807, 2.05) is 0 Å². The minimum Gasteiger partial charge on any atom is -0.461 e. The number of ether oxygens (including phenoxy) is 3. The molecule has 0 saturated heterocycles. The first-order valence-electron chi connectivity index (χ1n) is 7.25. The zero-order chi connectivity index (χ0) is 15.9. The molecule has 1 aromatic rings. The third-order valence-corrected chi connectivity index (χ3v) is 3.41. The van der Waals surface area contributed by atoms with Crippen LogP contribution in [0.2, 0.25) is 0 Å². The number of carbonyl (C=O) groups is 2. The van der Waals surface area contributed by atoms with Crippen molar-refractivity contribution in [3.63, 3.8) is 0 Å². The van der Waals surface area contributed by atoms with Gasteiger partial charge in [0.25, 0.3) is 0 Å². The molecule has 1 aliphatic rings. The van der Waals surface area contributed by atoms with Crippen LogP contribution in [0.1, 0.15) is 28.7 Å². The molecule has 0 fully saturated rings. The van der Waals surface area contributed by atoms with Gasteiger partial charge < -0.3 is 19.1 Å². The maximum absolute atomic E-state index is 12.1. The second-order valence-corrected chi connectivity index (χ2v) is 4.86. The first kappa shape index (κ1) is 16.4. The molecule has 0 unspecified atom stereocenters. The molecule has 2 rings (SSSR count). The number of carbonyl (C=O) groups excluding carboxylic acids is 2. The van der Waals surface area contributed by atoms with Crippen molar-refractivity contribution in [3.05, 3.63) is 17.0 Å². The van der Waals surface area contributed by atoms with Crippen LogP contribution in [0.3, 0.4) is 0 Å². The second kappa shape index (κ2) is 7.90. The molecule has 0 aromatic carbocycles. The highest BCUT2D eigenvalue weighted by molar-refractivity contribution is 5.89. The lowest BCUT2D eigenvalue weighted by atomic mass is 10.1. The Morgan fingerprint density at radius 2 is 2.18 bits per heavy atom. The summed E-state index contributed by atoms with van der Waals surface area (Å²) in [6, 6.07) is 0. The number of H-pyrrole nitrogens is 1. The van der Waals surface area contributed by atoms with Crippen LogP contribution in [0.4, 0.5) is 0 Å². The molecule has 22 heavy (non-hydrogen) atoms. The standard InChI is InChI=1S/C14H21N3O5/c1-3-22-14(19)13-10-8-17(5-4-11(10)15-16-13)12(18)9-21-7-6-20-2/h3-9H2,1-2H3,(H,15,16). The molecule has 1 aliphatic heterocycles. The number of nitrogens with one attached hydrogen (secondary N) is 1. The molecule has 0 saturated carbocycles. The third kappa shape index (κ3) is 3.83. The van der Waals surface area contributed by atoms with Crippen LogP contribution in [-0.2, 0) is 32.0 Å². The molecule has 0 bridgehead atoms. The highest BCUT2D eigenvalue weighted by atomic mass is 16.5. The summed E-state index contributed by atoms with van der Waals surface area (Å²) >= 11 is 0. The van der Waals surface area contributed by atoms with Gasteiger partial charge in [0.05, 0.1) is 19.8 Å². The number of rotatable bonds is 7. The van der Waals surface area contributed by atoms with Crippen molar-refractivity contribution in [3.8, 4) is 0 Å². The first-order chi connectivity index (χ1) is 10.7. The summed E-state index contributed by atoms with van der Waals surface area (Å²) in [5.41, 5.74) is 1.87. The van der Waals surface area contributed by atoms with Crippen LogP contribution in [0.5, 0.6) is 0 Å². The predicted molar refractivity (Wildman–Crippen MR) is 76.4 cm³/mol. The molecule has 0 aliphatic carbocycles. The van der Waals surface area contributed by atoms with Crippen LogP contribution in [0.25, 0.3) is 0 Å². The van der Waals surface area contributed by atoms with Crippen molar-refractivity contribution in [2.24, 2.45) is 0 Å². The molecule has 2 heterocycles. The number of amides is 1. The zero-order valence-corrected chi connectivity index (χ0v) is 12.9. The highest BCUT2D eigenvalue weighted by Gasteiger charge is 2.28. The summed E-state index contributed by atoms with van der Waals surface area (Å²) in [4.78, 5) is 25.6. The van der Waals surface area contributed by atoms with Gasteiger partial charge in [-0.1, -0.05) is 0 Å². The van der Waals surface area contributed by atoms with Crippen LogP contribution in [0.15, 0.2) is 0 Å². The Bertz CT molecular complexity index is 529. The van der Waals surface area contributed by atoms with Crippen molar-refractivity contribution in [2.45, 2.75) is 19.9 Å². The van der Waals surface area contributed by atoms with E-state index >= 15 is 0 Å². The number of methoxy groups -OCH3 is 1. The van der Waals surface area contributed by atoms with Gasteiger partial charge in [-0.05, 0) is 6.92 Å². The molecular formula is C14H21N3O5. The molecule has 1 N–H and O–H groups in total. The third-order valence-electron chi connectivity index (χ3n) is 3.41. The van der Waals surface area contributed by atoms with Gasteiger partial charge in [0.2, 0.25) is 5.91 Å². The number of aromatic nitrogens is 2. The lowest BCUT2D eigenvalue weighted by molar-refractivity contribution is -0.137. The summed E-state index contributed by atoms with van der Waals surface area (Å²) < 4.78 is 15.1. The number of aromatic amines is 1. The number of esters is 1. The van der Waals surface area contributed by atoms with Gasteiger partial charge in [0.15, 0.2) is 5.69 Å². The van der Waals surface area contributed by atoms with Crippen molar-refractivity contribution in [2.75, 3.05) is 40.1 Å². The van der Waals surface area contributed by atoms with Crippen molar-refractivity contribution >= 4 is 11.9 Å². The Hall–Kier alpha value is -1.93. The molecule has 1 amide bonds. The molecule has 0 radical (unpaired) electrons. The Labute approximate surface area is 128 Å². The normalized spacial score (nSPS) is 13.8. The zero-order valence-electron chi connectivity index (χ0n) is 12.9. The Morgan fingerprint density at radius 3 is 2.91 bits per heavy atom. The van der Waals surface area contributed by atoms with Crippen LogP contribution in [-0.4, -0.2) is 67.1 Å². The summed E-state index contributed by atoms with van der Waals surface area (Å²) in [6.07, 6.45) is 0.631. The SMILES string of the molecule is CCOC(=O)c1n[nH]c2c1CN(C(=O)COCCOC)CC2. The average Bonchev–Trinajstić information content (AvgIpc) is 2.94. The van der Waals surface area contributed by atoms with Crippen LogP contribution >= 0.6 is 0 Å². The number of fused-ring (bicyclic) bond motifs is 1. The maximum atomic E-state index is 12.1. The molecular weight excluding hydrogens is 290 g/mol. The van der Waals surface area contributed by atoms with Crippen molar-refractivity contribution in [1.82, 2.24) is 15.1 Å². The number of hydrogen-bond donors (Lipinski definition) is 1. The average molecular weight is 311 g/mol. The molecule has 8 nitrogen and oxygen atoms in total. The van der Waals surface area contributed by atoms with Gasteiger partial charge in [-0.15, -0.1) is 0 Å². The largest absolute Gasteiger partial charge is 0.461 e. The van der Waals surface area contributed by atoms with Crippen molar-refractivity contribution in [1.29, 1.82) is 0 Å². The van der Waals surface area contributed by atoms with E-state index in [9.17, 15) is 9.59 Å². The summed E-state index contributed by atoms with van der Waals surface area (Å²) in [5.74, 6) is -0.580. The number of hydrogen-bond acceptors (Lipinski definition) is 6. The quantitative estimate of drug-likeness (QED) is 0.568. The fraction of sp³-hybridized carbons (Fsp3) is 0.643. The van der Waals surface area contributed by atoms with E-state index in [0.717, 1.165) is 11.3 Å². The monoisotopic (exact) mass is 311 g/mol. The van der Waals surface area contributed by atoms with E-state index in [2.05, 4.69) is 10.2 Å². The minimum absolute atomic E-state index is 0.00524. The van der Waals surface area contributed by atoms with E-state index in [0.29, 0.717) is 32.7 Å². The highest BCUT2D eigenvalue weighted by Crippen LogP contribution is 2.21. The number of nitrogens with zero attached hydrogens (tertiary/aromatic N) is 2. The predicted octanol–water partition coefficient (Wildman–Crippen LogP) is 0.134. The fourth-order valence-corrected chi connectivity index (χ4v) is 2.27. The maximum Gasteiger partial charge on any atom is 0.359 e. The van der Waals surface area contributed by atoms with E-state index in [-0.39, 0.29) is 24.8 Å². The Morgan fingerprint density at radius 1 is 1.36 bits per heavy atom. The van der Waals surface area contributed by atoms with E-state index in [1.54, 1.807) is 18.9 Å². The van der Waals surface area contributed by atoms with Gasteiger partial charge in [-0.2, -0.15) is 5.10 Å². The first-order valence-corrected chi connectivity index (χ1v) is 7.25. The Balaban J connectivity index is 1.96. The summed E-state index contributed by atoms with van der Waals surface area (Å²) in [7, 11) is 1.58. The topological polar surface area (TPSA) is 93.8 Å². The lowest BCUT2D eigenvalue weighted by Crippen LogP contribution is -2.38. The van der Waals surface area contributed by atoms with Gasteiger partial charge in [-0.3, -0.25) is 9.89 Å². The van der Waals surface area contributed by atoms with Crippen molar-refractivity contribution < 1.29 is 23.8 Å². The van der Waals surface area contributed by atoms with E-state index in [1.165, 1.54) is 0 Å². The fourth-order valence-electron chi connectivity index (χ4n) is 2.27. The van der Waals surface area contributed by atoms with Gasteiger partial charge in [0.1, 0.15) is 6.61 Å². The summed E-state index contributed by atoms with van der Waals surface area (Å²) in [6.45, 7) is 3.77. The van der Waals surface area contributed by atoms with Gasteiger partial charge >= 0.3 is 5.97 Å². The molecule has 0 spiro atoms. The summed E-state index contributed by atoms with van der Waals surface area (Å²) in [5, 5.41) is 6.86. The molecule has 8 heteroatoms. The smallest absolute Gasteiger partial charge is 0.359 e. The second-order valence-electron chi connectivity index (χ2n) is 4.86.